The summed E-state index contributed by atoms with van der Waals surface area (Å²) in [5, 5.41) is 3.29. The zero-order valence-corrected chi connectivity index (χ0v) is 8.56. The van der Waals surface area contributed by atoms with Crippen molar-refractivity contribution in [3.8, 4) is 0 Å². The fourth-order valence-electron chi connectivity index (χ4n) is 1.43. The van der Waals surface area contributed by atoms with E-state index in [1.54, 1.807) is 0 Å². The van der Waals surface area contributed by atoms with Crippen molar-refractivity contribution < 1.29 is 0 Å². The molecule has 0 spiro atoms. The van der Waals surface area contributed by atoms with Crippen LogP contribution in [-0.2, 0) is 6.54 Å². The lowest BCUT2D eigenvalue weighted by atomic mass is 10.2. The molecule has 75 valence electrons. The first kappa shape index (κ1) is 9.94. The number of hydrogen-bond acceptors (Lipinski definition) is 1. The molecule has 1 heteroatoms. The van der Waals surface area contributed by atoms with Gasteiger partial charge in [-0.25, -0.2) is 0 Å². The molecular formula is C14H14N. The van der Waals surface area contributed by atoms with Gasteiger partial charge in [-0.1, -0.05) is 60.7 Å². The van der Waals surface area contributed by atoms with Crippen LogP contribution in [0.5, 0.6) is 0 Å². The molecule has 0 amide bonds. The third-order valence-electron chi connectivity index (χ3n) is 2.22. The first-order valence-electron chi connectivity index (χ1n) is 5.11. The van der Waals surface area contributed by atoms with Gasteiger partial charge >= 0.3 is 0 Å². The second kappa shape index (κ2) is 5.32. The molecule has 0 saturated carbocycles. The predicted molar refractivity (Wildman–Crippen MR) is 63.1 cm³/mol. The van der Waals surface area contributed by atoms with Gasteiger partial charge < -0.3 is 5.32 Å². The number of benzene rings is 2. The molecule has 0 atom stereocenters. The van der Waals surface area contributed by atoms with Crippen molar-refractivity contribution in [3.05, 3.63) is 78.3 Å². The maximum Gasteiger partial charge on any atom is 0.0521 e. The first-order chi connectivity index (χ1) is 7.45. The molecule has 0 saturated heterocycles. The third kappa shape index (κ3) is 3.22. The number of hydrogen-bond donors (Lipinski definition) is 1. The minimum absolute atomic E-state index is 0.871. The van der Waals surface area contributed by atoms with Crippen LogP contribution in [0, 0.1) is 6.54 Å². The van der Waals surface area contributed by atoms with E-state index in [0.717, 1.165) is 6.54 Å². The van der Waals surface area contributed by atoms with Crippen molar-refractivity contribution in [2.45, 2.75) is 6.54 Å². The second-order valence-corrected chi connectivity index (χ2v) is 3.42. The molecule has 2 aromatic carbocycles. The van der Waals surface area contributed by atoms with Crippen molar-refractivity contribution in [3.63, 3.8) is 0 Å². The molecule has 1 nitrogen and oxygen atoms in total. The highest BCUT2D eigenvalue weighted by atomic mass is 14.8. The van der Waals surface area contributed by atoms with Crippen molar-refractivity contribution in [2.24, 2.45) is 0 Å². The largest absolute Gasteiger partial charge is 0.304 e. The molecule has 0 aliphatic rings. The Morgan fingerprint density at radius 3 is 2.07 bits per heavy atom. The van der Waals surface area contributed by atoms with Crippen molar-refractivity contribution in [1.82, 2.24) is 5.32 Å². The van der Waals surface area contributed by atoms with Crippen LogP contribution in [0.2, 0.25) is 0 Å². The molecule has 1 N–H and O–H groups in total. The van der Waals surface area contributed by atoms with Crippen LogP contribution in [0.15, 0.2) is 60.7 Å². The Hall–Kier alpha value is -1.60. The van der Waals surface area contributed by atoms with E-state index in [2.05, 4.69) is 41.7 Å². The van der Waals surface area contributed by atoms with Gasteiger partial charge in [0, 0.05) is 6.54 Å². The molecule has 0 bridgehead atoms. The topological polar surface area (TPSA) is 12.0 Å². The van der Waals surface area contributed by atoms with E-state index in [1.165, 1.54) is 11.1 Å². The summed E-state index contributed by atoms with van der Waals surface area (Å²) in [7, 11) is 0. The molecule has 2 aromatic rings. The molecule has 1 radical (unpaired) electrons. The highest BCUT2D eigenvalue weighted by molar-refractivity contribution is 5.22. The van der Waals surface area contributed by atoms with Gasteiger partial charge in [0.05, 0.1) is 6.54 Å². The van der Waals surface area contributed by atoms with E-state index >= 15 is 0 Å². The molecule has 0 aliphatic carbocycles. The molecule has 0 heterocycles. The van der Waals surface area contributed by atoms with Crippen LogP contribution in [0.25, 0.3) is 0 Å². The van der Waals surface area contributed by atoms with Crippen LogP contribution in [-0.4, -0.2) is 0 Å². The van der Waals surface area contributed by atoms with Gasteiger partial charge in [-0.3, -0.25) is 0 Å². The summed E-state index contributed by atoms with van der Waals surface area (Å²) in [6.07, 6.45) is 0. The van der Waals surface area contributed by atoms with Crippen LogP contribution in [0.3, 0.4) is 0 Å². The zero-order valence-electron chi connectivity index (χ0n) is 8.56. The summed E-state index contributed by atoms with van der Waals surface area (Å²) < 4.78 is 0. The van der Waals surface area contributed by atoms with Crippen molar-refractivity contribution in [2.75, 3.05) is 0 Å². The van der Waals surface area contributed by atoms with Crippen molar-refractivity contribution >= 4 is 0 Å². The fourth-order valence-corrected chi connectivity index (χ4v) is 1.43. The fraction of sp³-hybridized carbons (Fsp3) is 0.0714. The summed E-state index contributed by atoms with van der Waals surface area (Å²) in [6.45, 7) is 2.91. The summed E-state index contributed by atoms with van der Waals surface area (Å²) in [4.78, 5) is 0. The Morgan fingerprint density at radius 2 is 1.40 bits per heavy atom. The third-order valence-corrected chi connectivity index (χ3v) is 2.22. The van der Waals surface area contributed by atoms with Gasteiger partial charge in [0.15, 0.2) is 0 Å². The maximum atomic E-state index is 3.29. The molecule has 0 aliphatic heterocycles. The Balaban J connectivity index is 1.81. The van der Waals surface area contributed by atoms with E-state index in [4.69, 9.17) is 0 Å². The van der Waals surface area contributed by atoms with Gasteiger partial charge in [-0.2, -0.15) is 0 Å². The summed E-state index contributed by atoms with van der Waals surface area (Å²) >= 11 is 0. The Labute approximate surface area is 90.8 Å². The first-order valence-corrected chi connectivity index (χ1v) is 5.11. The molecule has 15 heavy (non-hydrogen) atoms. The Morgan fingerprint density at radius 1 is 0.800 bits per heavy atom. The van der Waals surface area contributed by atoms with E-state index in [-0.39, 0.29) is 0 Å². The predicted octanol–water partition coefficient (Wildman–Crippen LogP) is 2.99. The van der Waals surface area contributed by atoms with Gasteiger partial charge in [0.2, 0.25) is 0 Å². The van der Waals surface area contributed by atoms with Crippen LogP contribution >= 0.6 is 0 Å². The Kier molecular flexibility index (Phi) is 3.53. The molecule has 0 fully saturated rings. The minimum Gasteiger partial charge on any atom is -0.304 e. The molecule has 2 rings (SSSR count). The van der Waals surface area contributed by atoms with Crippen LogP contribution in [0.4, 0.5) is 0 Å². The van der Waals surface area contributed by atoms with Gasteiger partial charge in [-0.05, 0) is 11.1 Å². The second-order valence-electron chi connectivity index (χ2n) is 3.42. The van der Waals surface area contributed by atoms with Gasteiger partial charge in [-0.15, -0.1) is 0 Å². The lowest BCUT2D eigenvalue weighted by molar-refractivity contribution is 0.819. The standard InChI is InChI=1S/C14H14N/c1-3-7-13(8-4-1)11-15-12-14-9-5-2-6-10-14/h1-11,15H,12H2. The maximum absolute atomic E-state index is 3.29. The highest BCUT2D eigenvalue weighted by Crippen LogP contribution is 2.01. The molecule has 0 unspecified atom stereocenters. The monoisotopic (exact) mass is 196 g/mol. The van der Waals surface area contributed by atoms with E-state index in [1.807, 2.05) is 30.8 Å². The number of rotatable bonds is 4. The van der Waals surface area contributed by atoms with E-state index < -0.39 is 0 Å². The quantitative estimate of drug-likeness (QED) is 0.792. The number of nitrogens with one attached hydrogen (secondary N) is 1. The molecule has 0 aromatic heterocycles. The lowest BCUT2D eigenvalue weighted by Gasteiger charge is -2.03. The van der Waals surface area contributed by atoms with E-state index in [0.29, 0.717) is 0 Å². The van der Waals surface area contributed by atoms with Gasteiger partial charge in [0.25, 0.3) is 0 Å². The average molecular weight is 196 g/mol. The normalized spacial score (nSPS) is 10.1. The van der Waals surface area contributed by atoms with Crippen LogP contribution in [0.1, 0.15) is 11.1 Å². The van der Waals surface area contributed by atoms with Crippen molar-refractivity contribution in [1.29, 1.82) is 0 Å². The minimum atomic E-state index is 0.871. The smallest absolute Gasteiger partial charge is 0.0521 e. The lowest BCUT2D eigenvalue weighted by Crippen LogP contribution is -2.09. The van der Waals surface area contributed by atoms with Gasteiger partial charge in [0.1, 0.15) is 0 Å². The zero-order chi connectivity index (χ0) is 10.3. The average Bonchev–Trinajstić information content (AvgIpc) is 2.32. The van der Waals surface area contributed by atoms with E-state index in [9.17, 15) is 0 Å². The summed E-state index contributed by atoms with van der Waals surface area (Å²) in [6, 6.07) is 20.6. The molecular weight excluding hydrogens is 182 g/mol. The highest BCUT2D eigenvalue weighted by Gasteiger charge is 1.92. The van der Waals surface area contributed by atoms with Crippen LogP contribution < -0.4 is 5.32 Å². The summed E-state index contributed by atoms with van der Waals surface area (Å²) in [5.41, 5.74) is 2.50. The Bertz CT molecular complexity index is 341. The summed E-state index contributed by atoms with van der Waals surface area (Å²) in [5.74, 6) is 0. The SMILES string of the molecule is [CH](NCc1ccccc1)c1ccccc1.